The van der Waals surface area contributed by atoms with E-state index in [0.29, 0.717) is 22.3 Å². The maximum atomic E-state index is 12.2. The average Bonchev–Trinajstić information content (AvgIpc) is 2.65. The van der Waals surface area contributed by atoms with Crippen molar-refractivity contribution < 1.29 is 19.1 Å². The van der Waals surface area contributed by atoms with E-state index >= 15 is 0 Å². The Morgan fingerprint density at radius 1 is 1.00 bits per heavy atom. The Morgan fingerprint density at radius 3 is 2.50 bits per heavy atom. The third-order valence-corrected chi connectivity index (χ3v) is 3.46. The molecule has 6 nitrogen and oxygen atoms in total. The highest BCUT2D eigenvalue weighted by Gasteiger charge is 2.15. The van der Waals surface area contributed by atoms with Gasteiger partial charge >= 0.3 is 5.97 Å². The van der Waals surface area contributed by atoms with Gasteiger partial charge in [-0.25, -0.2) is 4.79 Å². The fraction of sp³-hybridized carbons (Fsp3) is 0.111. The van der Waals surface area contributed by atoms with Gasteiger partial charge in [-0.2, -0.15) is 0 Å². The number of rotatable bonds is 5. The van der Waals surface area contributed by atoms with Crippen LogP contribution in [0.15, 0.2) is 54.9 Å². The van der Waals surface area contributed by atoms with Gasteiger partial charge in [0.1, 0.15) is 11.3 Å². The monoisotopic (exact) mass is 322 g/mol. The molecule has 24 heavy (non-hydrogen) atoms. The Balaban J connectivity index is 1.71. The maximum Gasteiger partial charge on any atom is 0.340 e. The summed E-state index contributed by atoms with van der Waals surface area (Å²) in [5, 5.41) is 0. The lowest BCUT2D eigenvalue weighted by atomic mass is 10.1. The second-order valence-corrected chi connectivity index (χ2v) is 4.96. The van der Waals surface area contributed by atoms with E-state index in [0.717, 1.165) is 0 Å². The Labute approximate surface area is 138 Å². The van der Waals surface area contributed by atoms with E-state index in [1.165, 1.54) is 6.20 Å². The molecule has 3 rings (SSSR count). The minimum Gasteiger partial charge on any atom is -0.497 e. The molecular formula is C18H14N2O4. The summed E-state index contributed by atoms with van der Waals surface area (Å²) >= 11 is 0. The second kappa shape index (κ2) is 6.87. The highest BCUT2D eigenvalue weighted by molar-refractivity contribution is 6.03. The van der Waals surface area contributed by atoms with Crippen molar-refractivity contribution in [3.05, 3.63) is 66.0 Å². The Kier molecular flexibility index (Phi) is 4.47. The number of ether oxygens (including phenoxy) is 2. The van der Waals surface area contributed by atoms with Gasteiger partial charge in [-0.1, -0.05) is 6.07 Å². The lowest BCUT2D eigenvalue weighted by molar-refractivity contribution is 0.0476. The second-order valence-electron chi connectivity index (χ2n) is 4.96. The molecule has 1 aromatic heterocycles. The molecule has 1 heterocycles. The lowest BCUT2D eigenvalue weighted by Crippen LogP contribution is -2.14. The van der Waals surface area contributed by atoms with Crippen LogP contribution in [0.4, 0.5) is 0 Å². The number of aromatic nitrogens is 2. The van der Waals surface area contributed by atoms with Gasteiger partial charge in [0, 0.05) is 18.0 Å². The fourth-order valence-electron chi connectivity index (χ4n) is 2.23. The van der Waals surface area contributed by atoms with Crippen LogP contribution in [0.2, 0.25) is 0 Å². The highest BCUT2D eigenvalue weighted by Crippen LogP contribution is 2.16. The number of hydrogen-bond donors (Lipinski definition) is 0. The number of esters is 1. The highest BCUT2D eigenvalue weighted by atomic mass is 16.5. The summed E-state index contributed by atoms with van der Waals surface area (Å²) in [6.45, 7) is -0.345. The summed E-state index contributed by atoms with van der Waals surface area (Å²) in [7, 11) is 1.55. The minimum atomic E-state index is -0.608. The molecule has 0 bridgehead atoms. The van der Waals surface area contributed by atoms with Crippen LogP contribution in [0.5, 0.6) is 5.75 Å². The molecule has 3 aromatic rings. The van der Waals surface area contributed by atoms with E-state index in [1.807, 2.05) is 0 Å². The molecule has 120 valence electrons. The molecule has 0 aliphatic heterocycles. The van der Waals surface area contributed by atoms with Crippen molar-refractivity contribution in [1.29, 1.82) is 0 Å². The summed E-state index contributed by atoms with van der Waals surface area (Å²) < 4.78 is 10.2. The lowest BCUT2D eigenvalue weighted by Gasteiger charge is -2.07. The molecule has 2 aromatic carbocycles. The summed E-state index contributed by atoms with van der Waals surface area (Å²) in [6, 6.07) is 11.6. The number of fused-ring (bicyclic) bond motifs is 1. The molecule has 0 saturated carbocycles. The van der Waals surface area contributed by atoms with Crippen molar-refractivity contribution in [3.63, 3.8) is 0 Å². The van der Waals surface area contributed by atoms with Crippen molar-refractivity contribution in [2.75, 3.05) is 13.7 Å². The van der Waals surface area contributed by atoms with Crippen LogP contribution in [0.25, 0.3) is 11.0 Å². The van der Waals surface area contributed by atoms with E-state index in [4.69, 9.17) is 9.47 Å². The van der Waals surface area contributed by atoms with Crippen molar-refractivity contribution in [2.45, 2.75) is 0 Å². The van der Waals surface area contributed by atoms with Gasteiger partial charge in [0.25, 0.3) is 0 Å². The van der Waals surface area contributed by atoms with Gasteiger partial charge in [0.05, 0.1) is 18.2 Å². The number of carbonyl (C=O) groups is 2. The molecule has 6 heteroatoms. The van der Waals surface area contributed by atoms with Crippen LogP contribution < -0.4 is 4.74 Å². The minimum absolute atomic E-state index is 0.281. The van der Waals surface area contributed by atoms with Crippen molar-refractivity contribution in [3.8, 4) is 5.75 Å². The predicted molar refractivity (Wildman–Crippen MR) is 87.1 cm³/mol. The molecule has 0 spiro atoms. The van der Waals surface area contributed by atoms with Crippen molar-refractivity contribution >= 4 is 22.8 Å². The smallest absolute Gasteiger partial charge is 0.340 e. The first-order valence-corrected chi connectivity index (χ1v) is 7.23. The maximum absolute atomic E-state index is 12.2. The molecule has 0 radical (unpaired) electrons. The third kappa shape index (κ3) is 3.22. The predicted octanol–water partition coefficient (Wildman–Crippen LogP) is 2.68. The zero-order valence-corrected chi connectivity index (χ0v) is 12.9. The normalized spacial score (nSPS) is 10.4. The number of para-hydroxylation sites is 1. The zero-order valence-electron chi connectivity index (χ0n) is 12.9. The molecule has 0 fully saturated rings. The number of hydrogen-bond acceptors (Lipinski definition) is 6. The first kappa shape index (κ1) is 15.6. The molecule has 0 atom stereocenters. The van der Waals surface area contributed by atoms with E-state index in [9.17, 15) is 9.59 Å². The fourth-order valence-corrected chi connectivity index (χ4v) is 2.23. The van der Waals surface area contributed by atoms with Crippen LogP contribution in [-0.2, 0) is 4.74 Å². The molecule has 0 saturated heterocycles. The standard InChI is InChI=1S/C18H14N2O4/c1-23-13-7-5-12(6-8-13)16(21)11-24-18(22)14-3-2-4-15-17(14)20-10-9-19-15/h2-10H,11H2,1H3. The Morgan fingerprint density at radius 2 is 1.75 bits per heavy atom. The van der Waals surface area contributed by atoms with E-state index in [-0.39, 0.29) is 18.0 Å². The van der Waals surface area contributed by atoms with Crippen LogP contribution in [0, 0.1) is 0 Å². The van der Waals surface area contributed by atoms with Gasteiger partial charge < -0.3 is 9.47 Å². The summed E-state index contributed by atoms with van der Waals surface area (Å²) in [5.41, 5.74) is 1.76. The SMILES string of the molecule is COc1ccc(C(=O)COC(=O)c2cccc3nccnc23)cc1. The van der Waals surface area contributed by atoms with Crippen molar-refractivity contribution in [1.82, 2.24) is 9.97 Å². The van der Waals surface area contributed by atoms with Crippen LogP contribution in [0.3, 0.4) is 0 Å². The molecule has 0 aliphatic carbocycles. The van der Waals surface area contributed by atoms with Crippen LogP contribution in [-0.4, -0.2) is 35.4 Å². The number of Topliss-reactive ketones (excluding diaryl/α,β-unsaturated/α-hetero) is 1. The summed E-state index contributed by atoms with van der Waals surface area (Å²) in [4.78, 5) is 32.6. The largest absolute Gasteiger partial charge is 0.497 e. The van der Waals surface area contributed by atoms with Crippen molar-refractivity contribution in [2.24, 2.45) is 0 Å². The van der Waals surface area contributed by atoms with Gasteiger partial charge in [-0.05, 0) is 36.4 Å². The first-order chi connectivity index (χ1) is 11.7. The Bertz CT molecular complexity index is 886. The summed E-state index contributed by atoms with van der Waals surface area (Å²) in [6.07, 6.45) is 3.05. The number of ketones is 1. The topological polar surface area (TPSA) is 78.4 Å². The number of nitrogens with zero attached hydrogens (tertiary/aromatic N) is 2. The molecule has 0 amide bonds. The first-order valence-electron chi connectivity index (χ1n) is 7.23. The van der Waals surface area contributed by atoms with Crippen LogP contribution in [0.1, 0.15) is 20.7 Å². The Hall–Kier alpha value is -3.28. The van der Waals surface area contributed by atoms with Crippen LogP contribution >= 0.6 is 0 Å². The van der Waals surface area contributed by atoms with Gasteiger partial charge in [-0.15, -0.1) is 0 Å². The number of methoxy groups -OCH3 is 1. The molecular weight excluding hydrogens is 308 g/mol. The van der Waals surface area contributed by atoms with Gasteiger partial charge in [0.15, 0.2) is 12.4 Å². The quantitative estimate of drug-likeness (QED) is 0.531. The third-order valence-electron chi connectivity index (χ3n) is 3.46. The molecule has 0 unspecified atom stereocenters. The molecule has 0 aliphatic rings. The number of carbonyl (C=O) groups excluding carboxylic acids is 2. The summed E-state index contributed by atoms with van der Waals surface area (Å²) in [5.74, 6) is -0.252. The van der Waals surface area contributed by atoms with E-state index < -0.39 is 5.97 Å². The van der Waals surface area contributed by atoms with E-state index in [1.54, 1.807) is 55.8 Å². The van der Waals surface area contributed by atoms with Gasteiger partial charge in [-0.3, -0.25) is 14.8 Å². The number of benzene rings is 2. The zero-order chi connectivity index (χ0) is 16.9. The average molecular weight is 322 g/mol. The molecule has 0 N–H and O–H groups in total. The van der Waals surface area contributed by atoms with E-state index in [2.05, 4.69) is 9.97 Å². The van der Waals surface area contributed by atoms with Gasteiger partial charge in [0.2, 0.25) is 0 Å².